The Bertz CT molecular complexity index is 3220. The van der Waals surface area contributed by atoms with Gasteiger partial charge in [-0.1, -0.05) is 98.8 Å². The van der Waals surface area contributed by atoms with Crippen molar-refractivity contribution in [3.63, 3.8) is 0 Å². The molecule has 0 N–H and O–H groups in total. The van der Waals surface area contributed by atoms with E-state index in [0.29, 0.717) is 98.2 Å². The smallest absolute Gasteiger partial charge is 0.333 e. The molecule has 0 aromatic heterocycles. The molecule has 0 spiro atoms. The summed E-state index contributed by atoms with van der Waals surface area (Å²) >= 11 is 0. The maximum atomic E-state index is 14.8. The number of carbonyl (C=O) groups is 9. The van der Waals surface area contributed by atoms with E-state index in [-0.39, 0.29) is 161 Å². The highest BCUT2D eigenvalue weighted by atomic mass is 16.6. The third kappa shape index (κ3) is 24.0. The van der Waals surface area contributed by atoms with E-state index in [0.717, 1.165) is 58.5 Å². The van der Waals surface area contributed by atoms with Gasteiger partial charge in [0.1, 0.15) is 82.3 Å². The van der Waals surface area contributed by atoms with Gasteiger partial charge in [-0.2, -0.15) is 0 Å². The van der Waals surface area contributed by atoms with Gasteiger partial charge < -0.3 is 42.6 Å². The van der Waals surface area contributed by atoms with E-state index >= 15 is 0 Å². The molecule has 0 saturated carbocycles. The van der Waals surface area contributed by atoms with E-state index < -0.39 is 36.3 Å². The number of hydrogen-bond donors (Lipinski definition) is 0. The summed E-state index contributed by atoms with van der Waals surface area (Å²) in [5.41, 5.74) is 5.62. The summed E-state index contributed by atoms with van der Waals surface area (Å²) in [4.78, 5) is 122. The number of carbonyl (C=O) groups excluding carboxylic acids is 9. The lowest BCUT2D eigenvalue weighted by atomic mass is 9.86. The van der Waals surface area contributed by atoms with Gasteiger partial charge >= 0.3 is 29.8 Å². The van der Waals surface area contributed by atoms with Crippen LogP contribution in [0.3, 0.4) is 0 Å². The monoisotopic (exact) mass is 1300 g/mol. The second kappa shape index (κ2) is 39.8. The number of fused-ring (bicyclic) bond motifs is 8. The average Bonchev–Trinajstić information content (AvgIpc) is 0.775. The van der Waals surface area contributed by atoms with Crippen LogP contribution in [-0.2, 0) is 73.3 Å². The molecule has 0 radical (unpaired) electrons. The Labute approximate surface area is 554 Å². The summed E-state index contributed by atoms with van der Waals surface area (Å²) in [6.07, 6.45) is 9.04. The zero-order chi connectivity index (χ0) is 68.7. The van der Waals surface area contributed by atoms with E-state index in [1.54, 1.807) is 48.5 Å². The molecule has 8 bridgehead atoms. The standard InChI is InChI=1S/C76H96O18/c1-12-16-20-24-64(77)52-36-56-44-58-38-53(65(78)25-21-17-13-2)40-60(71(58)89-30-33-92-74(83)49(5)6)46-62-42-55(67(80)27-23-19-15-4)43-63(73(62)91-32-35-94-76(85)51(9)10)47-61-41-54(66(79)26-22-18-14-3)39-59(72(61)90-31-34-93-75(84)50(7)8)45-57(37-52)70(56)88-29-28-87-69(82)48-68(81)86-11/h36-43H,5,7,9,12-35,44-48H2,1-4,6,8,10-11H3. The topological polar surface area (TPSA) is 237 Å². The molecule has 18 nitrogen and oxygen atoms in total. The number of methoxy groups -OCH3 is 1. The number of ether oxygens (including phenoxy) is 9. The fraction of sp³-hybridized carbons (Fsp3) is 0.487. The van der Waals surface area contributed by atoms with Gasteiger partial charge in [0, 0.05) is 90.3 Å². The van der Waals surface area contributed by atoms with Crippen molar-refractivity contribution in [2.75, 3.05) is 60.0 Å². The van der Waals surface area contributed by atoms with Gasteiger partial charge in [-0.3, -0.25) is 28.8 Å². The highest BCUT2D eigenvalue weighted by Gasteiger charge is 2.28. The van der Waals surface area contributed by atoms with Gasteiger partial charge in [0.05, 0.1) is 7.11 Å². The Morgan fingerprint density at radius 1 is 0.330 bits per heavy atom. The van der Waals surface area contributed by atoms with Gasteiger partial charge in [-0.15, -0.1) is 0 Å². The van der Waals surface area contributed by atoms with Crippen LogP contribution in [0.2, 0.25) is 0 Å². The third-order valence-electron chi connectivity index (χ3n) is 15.7. The van der Waals surface area contributed by atoms with Crippen LogP contribution in [0.15, 0.2) is 85.0 Å². The van der Waals surface area contributed by atoms with Crippen molar-refractivity contribution in [1.29, 1.82) is 0 Å². The molecule has 94 heavy (non-hydrogen) atoms. The SMILES string of the molecule is C=C(C)C(=O)OCCOc1c2cc(C(=O)CCCCC)cc1Cc1cc(C(=O)CCCCC)cc(c1OCCOC(=O)C(=C)C)Cc1cc(C(=O)CCCCC)cc(c1OCCOC(=O)C(=C)C)Cc1cc(C(=O)CCCCC)cc(c1OCCOC(=O)CC(=O)OC)C2. The Morgan fingerprint density at radius 3 is 0.755 bits per heavy atom. The minimum absolute atomic E-state index is 0.0475. The van der Waals surface area contributed by atoms with Crippen LogP contribution in [0.4, 0.5) is 0 Å². The first-order valence-corrected chi connectivity index (χ1v) is 33.1. The Kier molecular flexibility index (Phi) is 32.2. The lowest BCUT2D eigenvalue weighted by Gasteiger charge is -2.25. The maximum absolute atomic E-state index is 14.8. The summed E-state index contributed by atoms with van der Waals surface area (Å²) in [6, 6.07) is 14.0. The summed E-state index contributed by atoms with van der Waals surface area (Å²) in [6.45, 7) is 22.3. The molecule has 18 heteroatoms. The van der Waals surface area contributed by atoms with Crippen LogP contribution in [0.1, 0.15) is 244 Å². The summed E-state index contributed by atoms with van der Waals surface area (Å²) in [7, 11) is 1.16. The molecular formula is C76H96O18. The summed E-state index contributed by atoms with van der Waals surface area (Å²) in [5, 5.41) is 0. The van der Waals surface area contributed by atoms with Crippen LogP contribution in [0.5, 0.6) is 23.0 Å². The van der Waals surface area contributed by atoms with Crippen LogP contribution in [-0.4, -0.2) is 113 Å². The molecule has 0 aliphatic heterocycles. The number of rotatable bonds is 41. The van der Waals surface area contributed by atoms with Crippen molar-refractivity contribution in [3.8, 4) is 23.0 Å². The number of benzene rings is 4. The van der Waals surface area contributed by atoms with Crippen molar-refractivity contribution < 1.29 is 85.8 Å². The van der Waals surface area contributed by atoms with Crippen molar-refractivity contribution in [2.24, 2.45) is 0 Å². The Hall–Kier alpha value is -8.67. The minimum Gasteiger partial charge on any atom is -0.489 e. The van der Waals surface area contributed by atoms with Gasteiger partial charge in [-0.05, 0) is 139 Å². The molecule has 0 fully saturated rings. The molecule has 5 rings (SSSR count). The Balaban J connectivity index is 2.03. The molecule has 4 aromatic carbocycles. The molecule has 1 aliphatic carbocycles. The van der Waals surface area contributed by atoms with Crippen LogP contribution in [0.25, 0.3) is 0 Å². The number of unbranched alkanes of at least 4 members (excludes halogenated alkanes) is 8. The molecule has 508 valence electrons. The van der Waals surface area contributed by atoms with Crippen LogP contribution >= 0.6 is 0 Å². The van der Waals surface area contributed by atoms with Crippen molar-refractivity contribution >= 4 is 53.0 Å². The first-order chi connectivity index (χ1) is 45.1. The number of esters is 5. The zero-order valence-corrected chi connectivity index (χ0v) is 56.6. The van der Waals surface area contributed by atoms with E-state index in [1.807, 2.05) is 20.8 Å². The van der Waals surface area contributed by atoms with E-state index in [9.17, 15) is 43.2 Å². The quantitative estimate of drug-likeness (QED) is 0.00883. The van der Waals surface area contributed by atoms with E-state index in [2.05, 4.69) is 26.7 Å². The first-order valence-electron chi connectivity index (χ1n) is 33.1. The summed E-state index contributed by atoms with van der Waals surface area (Å²) in [5.74, 6) is -3.04. The number of ketones is 4. The molecule has 0 heterocycles. The van der Waals surface area contributed by atoms with Crippen molar-refractivity contribution in [2.45, 2.75) is 183 Å². The normalized spacial score (nSPS) is 11.5. The molecule has 0 amide bonds. The highest BCUT2D eigenvalue weighted by Crippen LogP contribution is 2.42. The first kappa shape index (κ1) is 76.0. The van der Waals surface area contributed by atoms with E-state index in [4.69, 9.17) is 42.6 Å². The molecule has 0 saturated heterocycles. The maximum Gasteiger partial charge on any atom is 0.333 e. The average molecular weight is 1300 g/mol. The molecule has 0 unspecified atom stereocenters. The van der Waals surface area contributed by atoms with Gasteiger partial charge in [0.25, 0.3) is 0 Å². The summed E-state index contributed by atoms with van der Waals surface area (Å²) < 4.78 is 54.1. The fourth-order valence-corrected chi connectivity index (χ4v) is 10.7. The molecule has 1 aliphatic rings. The lowest BCUT2D eigenvalue weighted by Crippen LogP contribution is -2.18. The molecule has 4 aromatic rings. The zero-order valence-electron chi connectivity index (χ0n) is 56.6. The highest BCUT2D eigenvalue weighted by molar-refractivity contribution is 5.99. The van der Waals surface area contributed by atoms with Gasteiger partial charge in [0.15, 0.2) is 23.1 Å². The van der Waals surface area contributed by atoms with Crippen LogP contribution < -0.4 is 18.9 Å². The van der Waals surface area contributed by atoms with Crippen molar-refractivity contribution in [1.82, 2.24) is 0 Å². The minimum atomic E-state index is -0.852. The lowest BCUT2D eigenvalue weighted by molar-refractivity contribution is -0.153. The Morgan fingerprint density at radius 2 is 0.553 bits per heavy atom. The van der Waals surface area contributed by atoms with Gasteiger partial charge in [0.2, 0.25) is 0 Å². The molecule has 0 atom stereocenters. The third-order valence-corrected chi connectivity index (χ3v) is 15.7. The number of Topliss-reactive ketones (excluding diaryl/α,β-unsaturated/α-hetero) is 4. The number of hydrogen-bond acceptors (Lipinski definition) is 18. The van der Waals surface area contributed by atoms with Gasteiger partial charge in [-0.25, -0.2) is 14.4 Å². The van der Waals surface area contributed by atoms with E-state index in [1.165, 1.54) is 20.8 Å². The fourth-order valence-electron chi connectivity index (χ4n) is 10.7. The van der Waals surface area contributed by atoms with Crippen molar-refractivity contribution in [3.05, 3.63) is 152 Å². The molecular weight excluding hydrogens is 1200 g/mol. The second-order valence-electron chi connectivity index (χ2n) is 23.8. The largest absolute Gasteiger partial charge is 0.489 e. The second-order valence-corrected chi connectivity index (χ2v) is 23.8. The predicted molar refractivity (Wildman–Crippen MR) is 358 cm³/mol. The van der Waals surface area contributed by atoms with Crippen LogP contribution in [0, 0.1) is 0 Å². The predicted octanol–water partition coefficient (Wildman–Crippen LogP) is 14.4.